The first-order valence-electron chi connectivity index (χ1n) is 39.3. The Labute approximate surface area is 709 Å². The topological polar surface area (TPSA) is 694 Å². The quantitative estimate of drug-likeness (QED) is 0.00992. The number of carboxylic acids is 1. The van der Waals surface area contributed by atoms with E-state index in [1.807, 2.05) is 13.8 Å². The SMILES string of the molecule is CC(C)C[C@H](NC(=O)CNC(=O)[C@H](Cc1ccccc1)NC(=O)[C@H](CO)NC(=O)[C@H](CC(N)=O)NC(=O)[C@H](Cc1c[nH]c2ccccc12)NC(=O)[C@H](CC(N)=O)NC(=O)[C@H](Cc1ccc(O)cc1)NC(=O)[C@H](CC(N)=O)NC(=O)[C@@H]1CCCN1C(=O)[C@@H](N)CC(C)C)C(=O)N[C@@H](CCCNC(=N)N)C(=O)N[C@@H](Cc1ccccc1)C(N)=O.O=C(O)C(F)(F)F. The molecule has 4 aromatic carbocycles. The molecular weight excluding hydrogens is 1630 g/mol. The molecular formula is C80H108F3N21O20. The number of primary amides is 4. The number of nitrogens with one attached hydrogen (secondary N) is 14. The summed E-state index contributed by atoms with van der Waals surface area (Å²) in [4.78, 5) is 235. The Bertz CT molecular complexity index is 4580. The molecule has 0 saturated carbocycles. The molecule has 674 valence electrons. The minimum absolute atomic E-state index is 0.00724. The fourth-order valence-electron chi connectivity index (χ4n) is 13.0. The molecule has 5 aromatic rings. The van der Waals surface area contributed by atoms with Crippen molar-refractivity contribution in [1.29, 1.82) is 5.41 Å². The van der Waals surface area contributed by atoms with Crippen LogP contribution >= 0.6 is 0 Å². The zero-order valence-corrected chi connectivity index (χ0v) is 68.4. The number of carbonyl (C=O) groups is 17. The van der Waals surface area contributed by atoms with Crippen LogP contribution in [0.2, 0.25) is 0 Å². The van der Waals surface area contributed by atoms with Gasteiger partial charge in [0.1, 0.15) is 72.2 Å². The van der Waals surface area contributed by atoms with Crippen molar-refractivity contribution in [2.45, 2.75) is 190 Å². The number of hydrogen-bond acceptors (Lipinski definition) is 21. The molecule has 1 aliphatic heterocycles. The predicted molar refractivity (Wildman–Crippen MR) is 439 cm³/mol. The average Bonchev–Trinajstić information content (AvgIpc) is 1.66. The average molecular weight is 1740 g/mol. The summed E-state index contributed by atoms with van der Waals surface area (Å²) in [6.45, 7) is 5.50. The monoisotopic (exact) mass is 1740 g/mol. The van der Waals surface area contributed by atoms with Gasteiger partial charge in [0.05, 0.1) is 38.5 Å². The number of aromatic amines is 1. The lowest BCUT2D eigenvalue weighted by Crippen LogP contribution is -2.62. The number of fused-ring (bicyclic) bond motifs is 1. The third-order valence-electron chi connectivity index (χ3n) is 19.1. The summed E-state index contributed by atoms with van der Waals surface area (Å²) in [6.07, 6.45) is -6.52. The molecule has 1 aliphatic rings. The van der Waals surface area contributed by atoms with Crippen molar-refractivity contribution in [2.24, 2.45) is 46.2 Å². The van der Waals surface area contributed by atoms with E-state index in [9.17, 15) is 100 Å². The molecule has 1 saturated heterocycles. The first-order valence-corrected chi connectivity index (χ1v) is 39.3. The number of aliphatic hydroxyl groups excluding tert-OH is 1. The number of phenols is 1. The summed E-state index contributed by atoms with van der Waals surface area (Å²) >= 11 is 0. The van der Waals surface area contributed by atoms with Crippen LogP contribution in [0, 0.1) is 17.2 Å². The van der Waals surface area contributed by atoms with Crippen LogP contribution in [0.15, 0.2) is 115 Å². The number of nitrogens with zero attached hydrogens (tertiary/aromatic N) is 1. The molecule has 2 heterocycles. The molecule has 0 radical (unpaired) electrons. The van der Waals surface area contributed by atoms with E-state index >= 15 is 0 Å². The molecule has 0 spiro atoms. The van der Waals surface area contributed by atoms with Crippen molar-refractivity contribution >= 4 is 117 Å². The summed E-state index contributed by atoms with van der Waals surface area (Å²) in [5.74, 6) is -20.1. The second-order valence-electron chi connectivity index (χ2n) is 30.1. The molecule has 29 N–H and O–H groups in total. The number of benzene rings is 4. The molecule has 0 aliphatic carbocycles. The molecule has 12 atom stereocenters. The highest BCUT2D eigenvalue weighted by Gasteiger charge is 2.42. The number of amides is 16. The summed E-state index contributed by atoms with van der Waals surface area (Å²) in [7, 11) is 0. The van der Waals surface area contributed by atoms with Crippen molar-refractivity contribution in [3.63, 3.8) is 0 Å². The maximum absolute atomic E-state index is 14.9. The lowest BCUT2D eigenvalue weighted by Gasteiger charge is -2.29. The second kappa shape index (κ2) is 49.2. The van der Waals surface area contributed by atoms with Gasteiger partial charge in [0.2, 0.25) is 94.5 Å². The highest BCUT2D eigenvalue weighted by Crippen LogP contribution is 2.23. The Kier molecular flexibility index (Phi) is 40.0. The normalized spacial score (nSPS) is 15.0. The number of carbonyl (C=O) groups excluding carboxylic acids is 16. The van der Waals surface area contributed by atoms with Crippen LogP contribution in [-0.4, -0.2) is 237 Å². The van der Waals surface area contributed by atoms with Gasteiger partial charge in [0.25, 0.3) is 0 Å². The van der Waals surface area contributed by atoms with Gasteiger partial charge < -0.3 is 123 Å². The standard InChI is InChI=1S/C78H107N21O18.C2HF3O2/c1-41(2)29-49(79)77(117)99-28-14-22-61(99)76(116)97-59(37-64(82)104)73(113)93-55(33-45-23-25-47(101)26-24-45)70(110)95-57(35-62(80)102)72(112)94-56(34-46-38-87-50-20-12-11-19-48(46)50)71(111)96-58(36-63(81)103)74(114)98-60(40-100)75(115)92-54(32-44-17-9-6-10-18-44)67(107)88-39-65(105)89-53(30-42(3)4)69(109)90-51(21-13-27-86-78(84)85)68(108)91-52(66(83)106)31-43-15-7-5-8-16-43;3-2(4,5)1(6)7/h5-12,15-20,23-26,38,41-42,49,51-61,87,100-101H,13-14,21-22,27-37,39-40,79H2,1-4H3,(H2,80,102)(H2,81,103)(H2,82,104)(H2,83,106)(H,88,107)(H,89,105)(H,90,109)(H,91,108)(H,92,115)(H,93,113)(H,94,112)(H,95,110)(H,96,111)(H,97,116)(H,98,114)(H4,84,85,86);(H,6,7)/t49-,51-,52-,53-,54-,55-,56-,57-,58-,59-,60-,61-;/m0./s1. The zero-order valence-electron chi connectivity index (χ0n) is 68.4. The van der Waals surface area contributed by atoms with Gasteiger partial charge in [-0.1, -0.05) is 119 Å². The van der Waals surface area contributed by atoms with E-state index in [0.717, 1.165) is 0 Å². The number of carboxylic acid groups (broad SMARTS) is 1. The molecule has 41 nitrogen and oxygen atoms in total. The van der Waals surface area contributed by atoms with Gasteiger partial charge in [-0.2, -0.15) is 13.2 Å². The Morgan fingerprint density at radius 2 is 0.911 bits per heavy atom. The van der Waals surface area contributed by atoms with Crippen LogP contribution < -0.4 is 98.2 Å². The number of likely N-dealkylation sites (tertiary alicyclic amines) is 1. The Morgan fingerprint density at radius 3 is 1.40 bits per heavy atom. The van der Waals surface area contributed by atoms with Gasteiger partial charge >= 0.3 is 12.1 Å². The highest BCUT2D eigenvalue weighted by atomic mass is 19.4. The number of para-hydroxylation sites is 1. The van der Waals surface area contributed by atoms with Gasteiger partial charge in [0, 0.05) is 55.9 Å². The molecule has 0 bridgehead atoms. The Morgan fingerprint density at radius 1 is 0.500 bits per heavy atom. The maximum atomic E-state index is 14.9. The first-order chi connectivity index (χ1) is 58.4. The van der Waals surface area contributed by atoms with Gasteiger partial charge in [-0.05, 0) is 90.8 Å². The number of guanidine groups is 1. The third kappa shape index (κ3) is 34.4. The number of rotatable bonds is 47. The van der Waals surface area contributed by atoms with Crippen LogP contribution in [0.1, 0.15) is 108 Å². The number of aromatic nitrogens is 1. The number of aliphatic hydroxyl groups is 1. The number of nitrogens with two attached hydrogens (primary N) is 6. The smallest absolute Gasteiger partial charge is 0.490 e. The molecule has 1 fully saturated rings. The van der Waals surface area contributed by atoms with E-state index in [1.165, 1.54) is 35.4 Å². The predicted octanol–water partition coefficient (Wildman–Crippen LogP) is -4.48. The molecule has 1 aromatic heterocycles. The van der Waals surface area contributed by atoms with Crippen molar-refractivity contribution in [3.05, 3.63) is 138 Å². The lowest BCUT2D eigenvalue weighted by atomic mass is 10.0. The number of aliphatic carboxylic acids is 1. The minimum atomic E-state index is -5.08. The number of hydrogen-bond donors (Lipinski definition) is 23. The summed E-state index contributed by atoms with van der Waals surface area (Å²) in [6, 6.07) is 9.91. The van der Waals surface area contributed by atoms with Crippen LogP contribution in [0.5, 0.6) is 5.75 Å². The van der Waals surface area contributed by atoms with Crippen molar-refractivity contribution in [3.8, 4) is 5.75 Å². The largest absolute Gasteiger partial charge is 0.508 e. The van der Waals surface area contributed by atoms with E-state index in [-0.39, 0.29) is 80.7 Å². The molecule has 124 heavy (non-hydrogen) atoms. The highest BCUT2D eigenvalue weighted by molar-refractivity contribution is 6.02. The van der Waals surface area contributed by atoms with Crippen LogP contribution in [0.4, 0.5) is 13.2 Å². The Balaban J connectivity index is 0.00000373. The van der Waals surface area contributed by atoms with E-state index < -0.39 is 224 Å². The van der Waals surface area contributed by atoms with Crippen LogP contribution in [0.25, 0.3) is 10.9 Å². The number of aromatic hydroxyl groups is 1. The first kappa shape index (κ1) is 101. The van der Waals surface area contributed by atoms with E-state index in [0.29, 0.717) is 40.4 Å². The van der Waals surface area contributed by atoms with Crippen molar-refractivity contribution < 1.29 is 110 Å². The fourth-order valence-corrected chi connectivity index (χ4v) is 13.0. The maximum Gasteiger partial charge on any atom is 0.490 e. The molecule has 44 heteroatoms. The van der Waals surface area contributed by atoms with Gasteiger partial charge in [-0.15, -0.1) is 0 Å². The molecule has 16 amide bonds. The van der Waals surface area contributed by atoms with Gasteiger partial charge in [-0.3, -0.25) is 82.1 Å². The lowest BCUT2D eigenvalue weighted by molar-refractivity contribution is -0.192. The minimum Gasteiger partial charge on any atom is -0.508 e. The van der Waals surface area contributed by atoms with Gasteiger partial charge in [-0.25, -0.2) is 4.79 Å². The van der Waals surface area contributed by atoms with Crippen molar-refractivity contribution in [2.75, 3.05) is 26.2 Å². The zero-order chi connectivity index (χ0) is 92.2. The molecule has 0 unspecified atom stereocenters. The third-order valence-corrected chi connectivity index (χ3v) is 19.1. The fraction of sp³-hybridized carbons (Fsp3) is 0.450. The van der Waals surface area contributed by atoms with E-state index in [1.54, 1.807) is 98.8 Å². The van der Waals surface area contributed by atoms with Crippen LogP contribution in [-0.2, 0) is 107 Å². The number of alkyl halides is 3. The van der Waals surface area contributed by atoms with Crippen molar-refractivity contribution in [1.82, 2.24) is 73.7 Å². The number of H-pyrrole nitrogens is 1. The van der Waals surface area contributed by atoms with Gasteiger partial charge in [0.15, 0.2) is 5.96 Å². The summed E-state index contributed by atoms with van der Waals surface area (Å²) in [5.41, 5.74) is 36.5. The number of phenolic OH excluding ortho intramolecular Hbond substituents is 1. The second-order valence-corrected chi connectivity index (χ2v) is 30.1. The Hall–Kier alpha value is -13.8. The summed E-state index contributed by atoms with van der Waals surface area (Å²) in [5, 5.41) is 65.7. The number of halogens is 3. The molecule has 6 rings (SSSR count). The summed E-state index contributed by atoms with van der Waals surface area (Å²) < 4.78 is 31.7. The van der Waals surface area contributed by atoms with E-state index in [4.69, 9.17) is 49.7 Å². The van der Waals surface area contributed by atoms with E-state index in [2.05, 4.69) is 68.8 Å². The van der Waals surface area contributed by atoms with Crippen LogP contribution in [0.3, 0.4) is 0 Å².